The van der Waals surface area contributed by atoms with Crippen LogP contribution in [0.1, 0.15) is 0 Å². The molecule has 0 aliphatic heterocycles. The number of carbonyl (C=O) groups excluding carboxylic acids is 1. The normalized spacial score (nSPS) is 10.5. The first-order chi connectivity index (χ1) is 12.1. The van der Waals surface area contributed by atoms with E-state index in [4.69, 9.17) is 10.6 Å². The topological polar surface area (TPSA) is 89.3 Å². The minimum Gasteiger partial charge on any atom is -0.481 e. The minimum absolute atomic E-state index is 0.346. The van der Waals surface area contributed by atoms with E-state index in [1.165, 1.54) is 6.07 Å². The number of hydrazine groups is 1. The molecule has 1 aromatic heterocycles. The number of hydrogen-bond acceptors (Lipinski definition) is 5. The standard InChI is InChI=1S/C17H14F2N4O2/c18-11-4-2-5-12(19)17(11)22-15(24)9-25-13-6-1-3-10-7-8-14(23-20)21-16(10)13/h1-8H,9,20H2,(H,21,23)(H,22,24). The second-order valence-electron chi connectivity index (χ2n) is 5.10. The number of rotatable bonds is 5. The van der Waals surface area contributed by atoms with E-state index in [1.54, 1.807) is 24.3 Å². The van der Waals surface area contributed by atoms with Gasteiger partial charge in [0.2, 0.25) is 0 Å². The molecule has 1 heterocycles. The quantitative estimate of drug-likeness (QED) is 0.489. The van der Waals surface area contributed by atoms with Crippen LogP contribution in [0.5, 0.6) is 5.75 Å². The first-order valence-electron chi connectivity index (χ1n) is 7.31. The maximum Gasteiger partial charge on any atom is 0.262 e. The van der Waals surface area contributed by atoms with E-state index in [-0.39, 0.29) is 0 Å². The molecule has 0 aliphatic rings. The zero-order chi connectivity index (χ0) is 17.8. The number of nitrogens with zero attached hydrogens (tertiary/aromatic N) is 1. The fourth-order valence-corrected chi connectivity index (χ4v) is 2.25. The third-order valence-corrected chi connectivity index (χ3v) is 3.42. The number of halogens is 2. The molecule has 0 unspecified atom stereocenters. The molecule has 1 amide bonds. The molecule has 0 radical (unpaired) electrons. The predicted octanol–water partition coefficient (Wildman–Crippen LogP) is 2.82. The Bertz CT molecular complexity index is 913. The van der Waals surface area contributed by atoms with Crippen molar-refractivity contribution < 1.29 is 18.3 Å². The van der Waals surface area contributed by atoms with Crippen LogP contribution < -0.4 is 21.3 Å². The van der Waals surface area contributed by atoms with Crippen molar-refractivity contribution >= 4 is 28.3 Å². The lowest BCUT2D eigenvalue weighted by molar-refractivity contribution is -0.118. The second-order valence-corrected chi connectivity index (χ2v) is 5.10. The summed E-state index contributed by atoms with van der Waals surface area (Å²) in [6, 6.07) is 12.0. The van der Waals surface area contributed by atoms with E-state index < -0.39 is 29.8 Å². The van der Waals surface area contributed by atoms with Gasteiger partial charge in [-0.15, -0.1) is 0 Å². The van der Waals surface area contributed by atoms with Gasteiger partial charge in [-0.3, -0.25) is 4.79 Å². The number of fused-ring (bicyclic) bond motifs is 1. The highest BCUT2D eigenvalue weighted by molar-refractivity contribution is 5.92. The molecule has 25 heavy (non-hydrogen) atoms. The highest BCUT2D eigenvalue weighted by atomic mass is 19.1. The van der Waals surface area contributed by atoms with Crippen LogP contribution in [0.15, 0.2) is 48.5 Å². The first kappa shape index (κ1) is 16.6. The van der Waals surface area contributed by atoms with Crippen molar-refractivity contribution in [2.24, 2.45) is 5.84 Å². The summed E-state index contributed by atoms with van der Waals surface area (Å²) in [5.41, 5.74) is 2.42. The molecular weight excluding hydrogens is 330 g/mol. The number of carbonyl (C=O) groups is 1. The van der Waals surface area contributed by atoms with Crippen LogP contribution in [-0.4, -0.2) is 17.5 Å². The van der Waals surface area contributed by atoms with Crippen molar-refractivity contribution in [3.8, 4) is 5.75 Å². The van der Waals surface area contributed by atoms with Gasteiger partial charge in [0, 0.05) is 5.39 Å². The average Bonchev–Trinajstić information content (AvgIpc) is 2.62. The third kappa shape index (κ3) is 3.64. The Balaban J connectivity index is 1.75. The Hall–Kier alpha value is -3.26. The Morgan fingerprint density at radius 3 is 2.52 bits per heavy atom. The lowest BCUT2D eigenvalue weighted by Gasteiger charge is -2.11. The lowest BCUT2D eigenvalue weighted by atomic mass is 10.2. The third-order valence-electron chi connectivity index (χ3n) is 3.42. The van der Waals surface area contributed by atoms with Gasteiger partial charge in [0.1, 0.15) is 34.4 Å². The second kappa shape index (κ2) is 7.10. The molecule has 3 rings (SSSR count). The van der Waals surface area contributed by atoms with Crippen LogP contribution in [0.25, 0.3) is 10.9 Å². The van der Waals surface area contributed by atoms with E-state index in [0.29, 0.717) is 17.1 Å². The number of anilines is 2. The zero-order valence-corrected chi connectivity index (χ0v) is 12.9. The van der Waals surface area contributed by atoms with Crippen molar-refractivity contribution in [1.29, 1.82) is 0 Å². The number of benzene rings is 2. The molecule has 6 nitrogen and oxygen atoms in total. The summed E-state index contributed by atoms with van der Waals surface area (Å²) < 4.78 is 32.5. The van der Waals surface area contributed by atoms with Gasteiger partial charge in [-0.1, -0.05) is 18.2 Å². The molecule has 4 N–H and O–H groups in total. The van der Waals surface area contributed by atoms with E-state index in [9.17, 15) is 13.6 Å². The van der Waals surface area contributed by atoms with Gasteiger partial charge in [0.15, 0.2) is 6.61 Å². The number of nitrogen functional groups attached to an aromatic ring is 1. The number of aromatic nitrogens is 1. The van der Waals surface area contributed by atoms with Gasteiger partial charge in [0.25, 0.3) is 5.91 Å². The molecule has 0 atom stereocenters. The fraction of sp³-hybridized carbons (Fsp3) is 0.0588. The van der Waals surface area contributed by atoms with Crippen LogP contribution in [0.2, 0.25) is 0 Å². The van der Waals surface area contributed by atoms with Gasteiger partial charge in [-0.05, 0) is 30.3 Å². The van der Waals surface area contributed by atoms with Crippen LogP contribution in [0, 0.1) is 11.6 Å². The summed E-state index contributed by atoms with van der Waals surface area (Å²) in [6.07, 6.45) is 0. The molecular formula is C17H14F2N4O2. The molecule has 3 aromatic rings. The number of pyridine rings is 1. The van der Waals surface area contributed by atoms with Gasteiger partial charge in [-0.25, -0.2) is 19.6 Å². The zero-order valence-electron chi connectivity index (χ0n) is 12.9. The number of para-hydroxylation sites is 2. The van der Waals surface area contributed by atoms with Crippen molar-refractivity contribution in [3.63, 3.8) is 0 Å². The summed E-state index contributed by atoms with van der Waals surface area (Å²) in [7, 11) is 0. The number of nitrogens with two attached hydrogens (primary N) is 1. The molecule has 0 aliphatic carbocycles. The van der Waals surface area contributed by atoms with Gasteiger partial charge >= 0.3 is 0 Å². The first-order valence-corrected chi connectivity index (χ1v) is 7.31. The highest BCUT2D eigenvalue weighted by Crippen LogP contribution is 2.25. The van der Waals surface area contributed by atoms with Gasteiger partial charge < -0.3 is 15.5 Å². The lowest BCUT2D eigenvalue weighted by Crippen LogP contribution is -2.21. The van der Waals surface area contributed by atoms with Crippen LogP contribution in [0.3, 0.4) is 0 Å². The summed E-state index contributed by atoms with van der Waals surface area (Å²) in [6.45, 7) is -0.436. The maximum absolute atomic E-state index is 13.5. The van der Waals surface area contributed by atoms with Crippen LogP contribution in [0.4, 0.5) is 20.3 Å². The smallest absolute Gasteiger partial charge is 0.262 e. The SMILES string of the molecule is NNc1ccc2cccc(OCC(=O)Nc3c(F)cccc3F)c2n1. The summed E-state index contributed by atoms with van der Waals surface area (Å²) in [5, 5.41) is 2.94. The number of hydrogen-bond donors (Lipinski definition) is 3. The Morgan fingerprint density at radius 1 is 1.08 bits per heavy atom. The number of ether oxygens (including phenoxy) is 1. The molecule has 8 heteroatoms. The van der Waals surface area contributed by atoms with Crippen LogP contribution in [-0.2, 0) is 4.79 Å². The van der Waals surface area contributed by atoms with Crippen molar-refractivity contribution in [2.45, 2.75) is 0 Å². The maximum atomic E-state index is 13.5. The molecule has 2 aromatic carbocycles. The summed E-state index contributed by atoms with van der Waals surface area (Å²) in [5.74, 6) is 3.69. The van der Waals surface area contributed by atoms with Crippen molar-refractivity contribution in [2.75, 3.05) is 17.3 Å². The number of amides is 1. The van der Waals surface area contributed by atoms with Crippen molar-refractivity contribution in [1.82, 2.24) is 4.98 Å². The predicted molar refractivity (Wildman–Crippen MR) is 90.0 cm³/mol. The average molecular weight is 344 g/mol. The molecule has 0 bridgehead atoms. The highest BCUT2D eigenvalue weighted by Gasteiger charge is 2.13. The van der Waals surface area contributed by atoms with Gasteiger partial charge in [-0.2, -0.15) is 0 Å². The monoisotopic (exact) mass is 344 g/mol. The molecule has 0 saturated heterocycles. The summed E-state index contributed by atoms with van der Waals surface area (Å²) in [4.78, 5) is 16.2. The largest absolute Gasteiger partial charge is 0.481 e. The Morgan fingerprint density at radius 2 is 1.80 bits per heavy atom. The molecule has 0 spiro atoms. The Kier molecular flexibility index (Phi) is 4.71. The molecule has 0 saturated carbocycles. The Labute approximate surface area is 141 Å². The van der Waals surface area contributed by atoms with E-state index in [2.05, 4.69) is 15.7 Å². The van der Waals surface area contributed by atoms with Crippen LogP contribution >= 0.6 is 0 Å². The van der Waals surface area contributed by atoms with E-state index >= 15 is 0 Å². The van der Waals surface area contributed by atoms with E-state index in [1.807, 2.05) is 6.07 Å². The van der Waals surface area contributed by atoms with Gasteiger partial charge in [0.05, 0.1) is 0 Å². The molecule has 128 valence electrons. The summed E-state index contributed by atoms with van der Waals surface area (Å²) >= 11 is 0. The minimum atomic E-state index is -0.862. The van der Waals surface area contributed by atoms with E-state index in [0.717, 1.165) is 17.5 Å². The fourth-order valence-electron chi connectivity index (χ4n) is 2.25. The molecule has 0 fully saturated rings. The number of nitrogens with one attached hydrogen (secondary N) is 2. The van der Waals surface area contributed by atoms with Crippen molar-refractivity contribution in [3.05, 3.63) is 60.2 Å².